The second kappa shape index (κ2) is 6.22. The van der Waals surface area contributed by atoms with Gasteiger partial charge in [-0.3, -0.25) is 4.79 Å². The predicted molar refractivity (Wildman–Crippen MR) is 88.8 cm³/mol. The third-order valence-corrected chi connectivity index (χ3v) is 4.25. The summed E-state index contributed by atoms with van der Waals surface area (Å²) in [5.41, 5.74) is 1.38. The van der Waals surface area contributed by atoms with E-state index in [1.165, 1.54) is 15.6 Å². The summed E-state index contributed by atoms with van der Waals surface area (Å²) in [6, 6.07) is 3.57. The van der Waals surface area contributed by atoms with Crippen LogP contribution in [0.25, 0.3) is 5.69 Å². The Morgan fingerprint density at radius 2 is 2.04 bits per heavy atom. The van der Waals surface area contributed by atoms with Gasteiger partial charge in [-0.15, -0.1) is 0 Å². The third-order valence-electron chi connectivity index (χ3n) is 4.25. The molecule has 0 fully saturated rings. The first-order valence-corrected chi connectivity index (χ1v) is 8.21. The zero-order valence-electron chi connectivity index (χ0n) is 14.5. The lowest BCUT2D eigenvalue weighted by atomic mass is 10.1. The number of carbonyl (C=O) groups is 1. The van der Waals surface area contributed by atoms with Gasteiger partial charge in [0.2, 0.25) is 0 Å². The first-order chi connectivity index (χ1) is 11.7. The summed E-state index contributed by atoms with van der Waals surface area (Å²) in [5.74, 6) is -2.16. The first kappa shape index (κ1) is 17.5. The molecule has 1 heterocycles. The minimum absolute atomic E-state index is 0.165. The maximum absolute atomic E-state index is 13.6. The third kappa shape index (κ3) is 3.42. The van der Waals surface area contributed by atoms with Crippen molar-refractivity contribution >= 4 is 5.91 Å². The number of nitrogens with zero attached hydrogens (tertiary/aromatic N) is 3. The number of aliphatic hydroxyl groups is 1. The van der Waals surface area contributed by atoms with Crippen molar-refractivity contribution in [3.05, 3.63) is 46.8 Å². The van der Waals surface area contributed by atoms with E-state index in [2.05, 4.69) is 5.10 Å². The molecule has 0 unspecified atom stereocenters. The van der Waals surface area contributed by atoms with Crippen LogP contribution in [-0.4, -0.2) is 44.9 Å². The minimum Gasteiger partial charge on any atom is -0.389 e. The molecule has 0 saturated heterocycles. The van der Waals surface area contributed by atoms with E-state index in [-0.39, 0.29) is 12.5 Å². The van der Waals surface area contributed by atoms with Crippen LogP contribution in [0.2, 0.25) is 0 Å². The van der Waals surface area contributed by atoms with E-state index in [0.717, 1.165) is 42.7 Å². The van der Waals surface area contributed by atoms with Crippen molar-refractivity contribution in [2.24, 2.45) is 0 Å². The van der Waals surface area contributed by atoms with E-state index in [4.69, 9.17) is 0 Å². The van der Waals surface area contributed by atoms with Crippen molar-refractivity contribution in [3.8, 4) is 5.69 Å². The zero-order chi connectivity index (χ0) is 18.4. The van der Waals surface area contributed by atoms with E-state index >= 15 is 0 Å². The first-order valence-electron chi connectivity index (χ1n) is 8.21. The highest BCUT2D eigenvalue weighted by atomic mass is 19.2. The summed E-state index contributed by atoms with van der Waals surface area (Å²) in [7, 11) is 1.61. The summed E-state index contributed by atoms with van der Waals surface area (Å²) >= 11 is 0. The fourth-order valence-electron chi connectivity index (χ4n) is 3.27. The fourth-order valence-corrected chi connectivity index (χ4v) is 3.27. The summed E-state index contributed by atoms with van der Waals surface area (Å²) in [6.45, 7) is 3.42. The number of rotatable bonds is 4. The molecule has 0 bridgehead atoms. The Kier molecular flexibility index (Phi) is 4.36. The average Bonchev–Trinajstić information content (AvgIpc) is 3.09. The van der Waals surface area contributed by atoms with Gasteiger partial charge in [0.25, 0.3) is 5.91 Å². The summed E-state index contributed by atoms with van der Waals surface area (Å²) < 4.78 is 28.3. The van der Waals surface area contributed by atoms with Crippen molar-refractivity contribution in [1.82, 2.24) is 14.7 Å². The van der Waals surface area contributed by atoms with E-state index in [9.17, 15) is 18.7 Å². The predicted octanol–water partition coefficient (Wildman–Crippen LogP) is 2.48. The number of hydrogen-bond acceptors (Lipinski definition) is 3. The van der Waals surface area contributed by atoms with Crippen LogP contribution >= 0.6 is 0 Å². The number of likely N-dealkylation sites (N-methyl/N-ethyl adjacent to an activating group) is 1. The summed E-state index contributed by atoms with van der Waals surface area (Å²) in [5, 5.41) is 14.3. The van der Waals surface area contributed by atoms with Crippen molar-refractivity contribution in [2.75, 3.05) is 13.6 Å². The van der Waals surface area contributed by atoms with Crippen molar-refractivity contribution in [2.45, 2.75) is 38.7 Å². The van der Waals surface area contributed by atoms with E-state index in [1.54, 1.807) is 20.9 Å². The molecule has 0 atom stereocenters. The highest BCUT2D eigenvalue weighted by molar-refractivity contribution is 5.94. The standard InChI is InChI=1S/C18H21F2N3O2/c1-18(2,25)10-22(3)17(24)16-12-5-4-6-15(12)23(21-16)11-7-8-13(19)14(20)9-11/h7-9,25H,4-6,10H2,1-3H3. The molecule has 1 aromatic carbocycles. The Balaban J connectivity index is 2.00. The van der Waals surface area contributed by atoms with Gasteiger partial charge in [-0.25, -0.2) is 13.5 Å². The molecule has 0 spiro atoms. The molecular weight excluding hydrogens is 328 g/mol. The number of aromatic nitrogens is 2. The molecule has 1 aliphatic rings. The number of carbonyl (C=O) groups excluding carboxylic acids is 1. The lowest BCUT2D eigenvalue weighted by Crippen LogP contribution is -2.40. The van der Waals surface area contributed by atoms with Crippen LogP contribution in [0.5, 0.6) is 0 Å². The molecule has 1 aliphatic carbocycles. The maximum atomic E-state index is 13.6. The van der Waals surface area contributed by atoms with Gasteiger partial charge in [0.05, 0.1) is 11.3 Å². The van der Waals surface area contributed by atoms with E-state index < -0.39 is 17.2 Å². The van der Waals surface area contributed by atoms with Crippen LogP contribution < -0.4 is 0 Å². The second-order valence-corrected chi connectivity index (χ2v) is 7.11. The Labute approximate surface area is 144 Å². The van der Waals surface area contributed by atoms with Gasteiger partial charge in [-0.2, -0.15) is 5.10 Å². The quantitative estimate of drug-likeness (QED) is 0.923. The summed E-state index contributed by atoms with van der Waals surface area (Å²) in [4.78, 5) is 14.2. The highest BCUT2D eigenvalue weighted by Gasteiger charge is 2.30. The van der Waals surface area contributed by atoms with Gasteiger partial charge in [-0.1, -0.05) is 0 Å². The molecule has 0 aliphatic heterocycles. The number of benzene rings is 1. The molecule has 0 saturated carbocycles. The van der Waals surface area contributed by atoms with Crippen LogP contribution in [0.4, 0.5) is 8.78 Å². The molecule has 2 aromatic rings. The largest absolute Gasteiger partial charge is 0.389 e. The van der Waals surface area contributed by atoms with Gasteiger partial charge < -0.3 is 10.0 Å². The number of amides is 1. The Hall–Kier alpha value is -2.28. The number of hydrogen-bond donors (Lipinski definition) is 1. The lowest BCUT2D eigenvalue weighted by Gasteiger charge is -2.25. The van der Waals surface area contributed by atoms with Crippen molar-refractivity contribution < 1.29 is 18.7 Å². The van der Waals surface area contributed by atoms with E-state index in [1.807, 2.05) is 0 Å². The van der Waals surface area contributed by atoms with Crippen LogP contribution in [0.3, 0.4) is 0 Å². The smallest absolute Gasteiger partial charge is 0.274 e. The molecular formula is C18H21F2N3O2. The maximum Gasteiger partial charge on any atom is 0.274 e. The minimum atomic E-state index is -1.02. The van der Waals surface area contributed by atoms with Gasteiger partial charge in [0, 0.05) is 30.9 Å². The fraction of sp³-hybridized carbons (Fsp3) is 0.444. The number of fused-ring (bicyclic) bond motifs is 1. The second-order valence-electron chi connectivity index (χ2n) is 7.11. The SMILES string of the molecule is CN(CC(C)(C)O)C(=O)c1nn(-c2ccc(F)c(F)c2)c2c1CCC2. The normalized spacial score (nSPS) is 13.8. The Bertz CT molecular complexity index is 824. The van der Waals surface area contributed by atoms with Gasteiger partial charge >= 0.3 is 0 Å². The molecule has 3 rings (SSSR count). The molecule has 7 heteroatoms. The summed E-state index contributed by atoms with van der Waals surface area (Å²) in [6.07, 6.45) is 2.33. The molecule has 0 radical (unpaired) electrons. The topological polar surface area (TPSA) is 58.4 Å². The van der Waals surface area contributed by atoms with Crippen LogP contribution in [0.15, 0.2) is 18.2 Å². The van der Waals surface area contributed by atoms with Crippen molar-refractivity contribution in [1.29, 1.82) is 0 Å². The van der Waals surface area contributed by atoms with E-state index in [0.29, 0.717) is 11.4 Å². The van der Waals surface area contributed by atoms with Crippen LogP contribution in [-0.2, 0) is 12.8 Å². The van der Waals surface area contributed by atoms with Gasteiger partial charge in [-0.05, 0) is 45.2 Å². The van der Waals surface area contributed by atoms with Crippen LogP contribution in [0, 0.1) is 11.6 Å². The molecule has 5 nitrogen and oxygen atoms in total. The molecule has 25 heavy (non-hydrogen) atoms. The highest BCUT2D eigenvalue weighted by Crippen LogP contribution is 2.29. The average molecular weight is 349 g/mol. The monoisotopic (exact) mass is 349 g/mol. The Morgan fingerprint density at radius 3 is 2.68 bits per heavy atom. The molecule has 134 valence electrons. The van der Waals surface area contributed by atoms with Crippen LogP contribution in [0.1, 0.15) is 42.0 Å². The van der Waals surface area contributed by atoms with Gasteiger partial charge in [0.15, 0.2) is 17.3 Å². The Morgan fingerprint density at radius 1 is 1.32 bits per heavy atom. The molecule has 1 amide bonds. The molecule has 1 aromatic heterocycles. The van der Waals surface area contributed by atoms with Crippen molar-refractivity contribution in [3.63, 3.8) is 0 Å². The zero-order valence-corrected chi connectivity index (χ0v) is 14.5. The lowest BCUT2D eigenvalue weighted by molar-refractivity contribution is 0.0364. The molecule has 1 N–H and O–H groups in total. The number of halogens is 2. The van der Waals surface area contributed by atoms with Gasteiger partial charge in [0.1, 0.15) is 0 Å².